The van der Waals surface area contributed by atoms with Gasteiger partial charge in [0, 0.05) is 6.42 Å². The van der Waals surface area contributed by atoms with E-state index >= 15 is 0 Å². The van der Waals surface area contributed by atoms with Gasteiger partial charge in [0.25, 0.3) is 0 Å². The number of hydrogen-bond donors (Lipinski definition) is 0. The van der Waals surface area contributed by atoms with E-state index in [9.17, 15) is 9.18 Å². The van der Waals surface area contributed by atoms with Crippen LogP contribution in [0.4, 0.5) is 4.39 Å². The van der Waals surface area contributed by atoms with Crippen molar-refractivity contribution < 1.29 is 13.9 Å². The molecule has 0 aliphatic carbocycles. The van der Waals surface area contributed by atoms with Crippen LogP contribution in [0.5, 0.6) is 0 Å². The molecule has 0 aliphatic rings. The van der Waals surface area contributed by atoms with Crippen LogP contribution in [0.15, 0.2) is 36.4 Å². The maximum Gasteiger partial charge on any atom is 0.306 e. The van der Waals surface area contributed by atoms with Crippen LogP contribution in [0.25, 0.3) is 0 Å². The topological polar surface area (TPSA) is 26.3 Å². The quantitative estimate of drug-likeness (QED) is 0.565. The molecule has 0 amide bonds. The van der Waals surface area contributed by atoms with E-state index in [1.165, 1.54) is 12.1 Å². The molecule has 0 radical (unpaired) electrons. The van der Waals surface area contributed by atoms with Crippen molar-refractivity contribution in [2.24, 2.45) is 0 Å². The molecule has 0 unspecified atom stereocenters. The zero-order chi connectivity index (χ0) is 11.8. The number of allylic oxidation sites excluding steroid dienone is 1. The summed E-state index contributed by atoms with van der Waals surface area (Å²) in [5.74, 6) is -0.498. The molecule has 0 spiro atoms. The van der Waals surface area contributed by atoms with Crippen molar-refractivity contribution in [1.29, 1.82) is 0 Å². The summed E-state index contributed by atoms with van der Waals surface area (Å²) in [6, 6.07) is 6.13. The summed E-state index contributed by atoms with van der Waals surface area (Å²) in [4.78, 5) is 11.2. The maximum atomic E-state index is 12.6. The van der Waals surface area contributed by atoms with Crippen LogP contribution < -0.4 is 0 Å². The van der Waals surface area contributed by atoms with E-state index in [1.807, 2.05) is 13.0 Å². The predicted octanol–water partition coefficient (Wildman–Crippen LogP) is 2.88. The first-order chi connectivity index (χ1) is 7.72. The third-order valence-corrected chi connectivity index (χ3v) is 2.11. The fourth-order valence-electron chi connectivity index (χ4n) is 1.21. The smallest absolute Gasteiger partial charge is 0.306 e. The monoisotopic (exact) mass is 222 g/mol. The Bertz CT molecular complexity index is 355. The molecule has 0 N–H and O–H groups in total. The highest BCUT2D eigenvalue weighted by Crippen LogP contribution is 2.05. The Balaban J connectivity index is 2.28. The number of benzene rings is 1. The molecule has 3 heteroatoms. The molecule has 0 saturated carbocycles. The minimum absolute atomic E-state index is 0.234. The van der Waals surface area contributed by atoms with Gasteiger partial charge in [-0.25, -0.2) is 4.39 Å². The normalized spacial score (nSPS) is 10.6. The lowest BCUT2D eigenvalue weighted by Gasteiger charge is -2.02. The number of esters is 1. The van der Waals surface area contributed by atoms with Gasteiger partial charge in [-0.2, -0.15) is 0 Å². The molecule has 0 aliphatic heterocycles. The lowest BCUT2D eigenvalue weighted by atomic mass is 10.1. The summed E-state index contributed by atoms with van der Waals surface area (Å²) in [7, 11) is 0. The number of carbonyl (C=O) groups is 1. The summed E-state index contributed by atoms with van der Waals surface area (Å²) in [5, 5.41) is 0. The molecule has 1 rings (SSSR count). The van der Waals surface area contributed by atoms with E-state index < -0.39 is 0 Å². The summed E-state index contributed by atoms with van der Waals surface area (Å²) in [6.07, 6.45) is 4.50. The van der Waals surface area contributed by atoms with Crippen molar-refractivity contribution in [2.75, 3.05) is 6.61 Å². The van der Waals surface area contributed by atoms with Crippen LogP contribution >= 0.6 is 0 Å². The van der Waals surface area contributed by atoms with E-state index in [4.69, 9.17) is 4.74 Å². The molecule has 0 atom stereocenters. The Morgan fingerprint density at radius 1 is 1.38 bits per heavy atom. The number of hydrogen-bond acceptors (Lipinski definition) is 2. The van der Waals surface area contributed by atoms with Gasteiger partial charge in [0.1, 0.15) is 12.4 Å². The molecule has 0 heterocycles. The van der Waals surface area contributed by atoms with E-state index in [2.05, 4.69) is 0 Å². The standard InChI is InChI=1S/C13H15FO2/c1-2-3-10-16-13(15)9-6-11-4-7-12(14)8-5-11/h2-5,7-8H,6,9-10H2,1H3/b3-2+. The molecule has 2 nitrogen and oxygen atoms in total. The Labute approximate surface area is 94.7 Å². The van der Waals surface area contributed by atoms with Gasteiger partial charge in [-0.3, -0.25) is 4.79 Å². The zero-order valence-corrected chi connectivity index (χ0v) is 9.28. The lowest BCUT2D eigenvalue weighted by Crippen LogP contribution is -2.05. The van der Waals surface area contributed by atoms with Gasteiger partial charge >= 0.3 is 5.97 Å². The first-order valence-corrected chi connectivity index (χ1v) is 5.23. The van der Waals surface area contributed by atoms with Crippen LogP contribution in [0, 0.1) is 5.82 Å². The van der Waals surface area contributed by atoms with Crippen molar-refractivity contribution in [1.82, 2.24) is 0 Å². The average molecular weight is 222 g/mol. The summed E-state index contributed by atoms with van der Waals surface area (Å²) >= 11 is 0. The molecule has 86 valence electrons. The number of aryl methyl sites for hydroxylation is 1. The Morgan fingerprint density at radius 2 is 2.06 bits per heavy atom. The third kappa shape index (κ3) is 4.73. The second-order valence-corrected chi connectivity index (χ2v) is 3.38. The summed E-state index contributed by atoms with van der Waals surface area (Å²) in [6.45, 7) is 2.19. The van der Waals surface area contributed by atoms with E-state index in [1.54, 1.807) is 18.2 Å². The van der Waals surface area contributed by atoms with Crippen molar-refractivity contribution in [2.45, 2.75) is 19.8 Å². The van der Waals surface area contributed by atoms with Crippen LogP contribution in [0.3, 0.4) is 0 Å². The number of halogens is 1. The number of rotatable bonds is 5. The first-order valence-electron chi connectivity index (χ1n) is 5.23. The fraction of sp³-hybridized carbons (Fsp3) is 0.308. The third-order valence-electron chi connectivity index (χ3n) is 2.11. The van der Waals surface area contributed by atoms with Crippen molar-refractivity contribution in [3.63, 3.8) is 0 Å². The fourth-order valence-corrected chi connectivity index (χ4v) is 1.21. The number of carbonyl (C=O) groups excluding carboxylic acids is 1. The van der Waals surface area contributed by atoms with Crippen LogP contribution in [0.2, 0.25) is 0 Å². The summed E-state index contributed by atoms with van der Waals surface area (Å²) < 4.78 is 17.5. The molecule has 1 aromatic carbocycles. The predicted molar refractivity (Wildman–Crippen MR) is 60.5 cm³/mol. The first kappa shape index (κ1) is 12.4. The molecular formula is C13H15FO2. The van der Waals surface area contributed by atoms with Gasteiger partial charge in [-0.1, -0.05) is 24.3 Å². The van der Waals surface area contributed by atoms with Crippen LogP contribution in [0.1, 0.15) is 18.9 Å². The number of ether oxygens (including phenoxy) is 1. The highest BCUT2D eigenvalue weighted by atomic mass is 19.1. The lowest BCUT2D eigenvalue weighted by molar-refractivity contribution is -0.142. The Kier molecular flexibility index (Phi) is 5.26. The van der Waals surface area contributed by atoms with Gasteiger partial charge < -0.3 is 4.74 Å². The van der Waals surface area contributed by atoms with E-state index in [0.717, 1.165) is 5.56 Å². The molecule has 1 aromatic rings. The molecule has 0 bridgehead atoms. The molecule has 0 fully saturated rings. The molecule has 0 aromatic heterocycles. The molecule has 0 saturated heterocycles. The Morgan fingerprint density at radius 3 is 2.69 bits per heavy atom. The highest BCUT2D eigenvalue weighted by molar-refractivity contribution is 5.69. The van der Waals surface area contributed by atoms with Gasteiger partial charge in [0.05, 0.1) is 0 Å². The summed E-state index contributed by atoms with van der Waals surface area (Å²) in [5.41, 5.74) is 0.935. The van der Waals surface area contributed by atoms with E-state index in [0.29, 0.717) is 19.4 Å². The largest absolute Gasteiger partial charge is 0.461 e. The SMILES string of the molecule is C/C=C/COC(=O)CCc1ccc(F)cc1. The second-order valence-electron chi connectivity index (χ2n) is 3.38. The van der Waals surface area contributed by atoms with Gasteiger partial charge in [-0.15, -0.1) is 0 Å². The highest BCUT2D eigenvalue weighted by Gasteiger charge is 2.02. The maximum absolute atomic E-state index is 12.6. The van der Waals surface area contributed by atoms with Crippen molar-refractivity contribution in [3.05, 3.63) is 47.8 Å². The minimum Gasteiger partial charge on any atom is -0.461 e. The average Bonchev–Trinajstić information content (AvgIpc) is 2.29. The minimum atomic E-state index is -0.264. The van der Waals surface area contributed by atoms with Gasteiger partial charge in [-0.05, 0) is 31.0 Å². The van der Waals surface area contributed by atoms with E-state index in [-0.39, 0.29) is 11.8 Å². The molecule has 16 heavy (non-hydrogen) atoms. The second kappa shape index (κ2) is 6.77. The van der Waals surface area contributed by atoms with Crippen molar-refractivity contribution in [3.8, 4) is 0 Å². The Hall–Kier alpha value is -1.64. The van der Waals surface area contributed by atoms with Crippen LogP contribution in [-0.4, -0.2) is 12.6 Å². The zero-order valence-electron chi connectivity index (χ0n) is 9.28. The molecular weight excluding hydrogens is 207 g/mol. The van der Waals surface area contributed by atoms with Gasteiger partial charge in [0.15, 0.2) is 0 Å². The van der Waals surface area contributed by atoms with Crippen LogP contribution in [-0.2, 0) is 16.0 Å². The van der Waals surface area contributed by atoms with Gasteiger partial charge in [0.2, 0.25) is 0 Å². The van der Waals surface area contributed by atoms with Crippen molar-refractivity contribution >= 4 is 5.97 Å².